The summed E-state index contributed by atoms with van der Waals surface area (Å²) >= 11 is 0. The van der Waals surface area contributed by atoms with Crippen LogP contribution in [0.3, 0.4) is 0 Å². The monoisotopic (exact) mass is 494 g/mol. The van der Waals surface area contributed by atoms with Crippen molar-refractivity contribution in [2.24, 2.45) is 11.3 Å². The van der Waals surface area contributed by atoms with Gasteiger partial charge in [-0.2, -0.15) is 18.3 Å². The highest BCUT2D eigenvalue weighted by Gasteiger charge is 2.41. The highest BCUT2D eigenvalue weighted by Crippen LogP contribution is 2.34. The van der Waals surface area contributed by atoms with E-state index in [0.29, 0.717) is 36.3 Å². The predicted octanol–water partition coefficient (Wildman–Crippen LogP) is 4.29. The van der Waals surface area contributed by atoms with Crippen LogP contribution in [0, 0.1) is 11.3 Å². The molecule has 1 aliphatic rings. The van der Waals surface area contributed by atoms with Crippen molar-refractivity contribution in [3.63, 3.8) is 0 Å². The van der Waals surface area contributed by atoms with Gasteiger partial charge < -0.3 is 15.0 Å². The highest BCUT2D eigenvalue weighted by atomic mass is 19.4. The smallest absolute Gasteiger partial charge is 0.434 e. The van der Waals surface area contributed by atoms with Crippen molar-refractivity contribution >= 4 is 23.5 Å². The van der Waals surface area contributed by atoms with Gasteiger partial charge in [-0.05, 0) is 44.0 Å². The third-order valence-corrected chi connectivity index (χ3v) is 5.71. The summed E-state index contributed by atoms with van der Waals surface area (Å²) in [6, 6.07) is 5.68. The second-order valence-corrected chi connectivity index (χ2v) is 9.39. The first-order valence-corrected chi connectivity index (χ1v) is 11.4. The molecule has 1 saturated heterocycles. The minimum Gasteiger partial charge on any atom is -0.462 e. The summed E-state index contributed by atoms with van der Waals surface area (Å²) in [4.78, 5) is 38.8. The van der Waals surface area contributed by atoms with Crippen LogP contribution in [0.15, 0.2) is 30.5 Å². The van der Waals surface area contributed by atoms with Gasteiger partial charge in [0.15, 0.2) is 5.69 Å². The molecule has 2 amide bonds. The van der Waals surface area contributed by atoms with E-state index in [1.807, 2.05) is 20.8 Å². The molecule has 190 valence electrons. The molecule has 1 aliphatic heterocycles. The summed E-state index contributed by atoms with van der Waals surface area (Å²) in [6.07, 6.45) is -2.95. The second kappa shape index (κ2) is 10.1. The minimum atomic E-state index is -4.84. The van der Waals surface area contributed by atoms with Crippen LogP contribution in [-0.4, -0.2) is 52.2 Å². The number of rotatable bonds is 5. The Balaban J connectivity index is 1.69. The van der Waals surface area contributed by atoms with Crippen molar-refractivity contribution in [3.8, 4) is 5.69 Å². The van der Waals surface area contributed by atoms with E-state index in [1.165, 1.54) is 31.2 Å². The summed E-state index contributed by atoms with van der Waals surface area (Å²) in [6.45, 7) is 7.99. The van der Waals surface area contributed by atoms with E-state index in [4.69, 9.17) is 4.74 Å². The van der Waals surface area contributed by atoms with Gasteiger partial charge in [-0.15, -0.1) is 0 Å². The summed E-state index contributed by atoms with van der Waals surface area (Å²) in [7, 11) is 0. The van der Waals surface area contributed by atoms with E-state index >= 15 is 0 Å². The van der Waals surface area contributed by atoms with Crippen molar-refractivity contribution in [3.05, 3.63) is 41.7 Å². The Bertz CT molecular complexity index is 1080. The second-order valence-electron chi connectivity index (χ2n) is 9.39. The molecule has 1 aromatic carbocycles. The summed E-state index contributed by atoms with van der Waals surface area (Å²) in [5.74, 6) is -1.53. The quantitative estimate of drug-likeness (QED) is 0.626. The van der Waals surface area contributed by atoms with E-state index in [-0.39, 0.29) is 30.0 Å². The molecule has 0 radical (unpaired) electrons. The molecule has 2 aromatic rings. The van der Waals surface area contributed by atoms with Crippen molar-refractivity contribution in [1.29, 1.82) is 0 Å². The molecule has 2 heterocycles. The summed E-state index contributed by atoms with van der Waals surface area (Å²) in [5, 5.41) is 6.52. The van der Waals surface area contributed by atoms with Gasteiger partial charge in [0.1, 0.15) is 5.56 Å². The number of carbonyl (C=O) groups excluding carboxylic acids is 3. The number of ether oxygens (including phenoxy) is 1. The molecular formula is C24H29F3N4O4. The van der Waals surface area contributed by atoms with Gasteiger partial charge in [0.2, 0.25) is 11.8 Å². The van der Waals surface area contributed by atoms with Crippen molar-refractivity contribution in [1.82, 2.24) is 14.7 Å². The van der Waals surface area contributed by atoms with Crippen molar-refractivity contribution < 1.29 is 32.3 Å². The molecule has 1 fully saturated rings. The van der Waals surface area contributed by atoms with E-state index in [2.05, 4.69) is 10.4 Å². The number of hydrogen-bond donors (Lipinski definition) is 1. The van der Waals surface area contributed by atoms with Crippen LogP contribution >= 0.6 is 0 Å². The van der Waals surface area contributed by atoms with Crippen LogP contribution in [-0.2, 0) is 20.5 Å². The zero-order chi connectivity index (χ0) is 26.0. The Hall–Kier alpha value is -3.37. The number of nitrogens with zero attached hydrogens (tertiary/aromatic N) is 3. The van der Waals surface area contributed by atoms with Crippen LogP contribution in [0.5, 0.6) is 0 Å². The molecule has 8 nitrogen and oxygen atoms in total. The number of hydrogen-bond acceptors (Lipinski definition) is 5. The van der Waals surface area contributed by atoms with Gasteiger partial charge in [0, 0.05) is 30.1 Å². The Kier molecular flexibility index (Phi) is 7.56. The first-order chi connectivity index (χ1) is 16.3. The Morgan fingerprint density at radius 2 is 1.69 bits per heavy atom. The van der Waals surface area contributed by atoms with Gasteiger partial charge in [0.05, 0.1) is 18.5 Å². The maximum Gasteiger partial charge on any atom is 0.434 e. The number of likely N-dealkylation sites (tertiary alicyclic amines) is 1. The zero-order valence-electron chi connectivity index (χ0n) is 20.1. The lowest BCUT2D eigenvalue weighted by Crippen LogP contribution is -2.45. The first kappa shape index (κ1) is 26.2. The zero-order valence-corrected chi connectivity index (χ0v) is 20.1. The molecule has 1 N–H and O–H groups in total. The number of esters is 1. The summed E-state index contributed by atoms with van der Waals surface area (Å²) < 4.78 is 46.4. The largest absolute Gasteiger partial charge is 0.462 e. The number of benzene rings is 1. The molecule has 0 atom stereocenters. The molecule has 0 aliphatic carbocycles. The molecule has 0 saturated carbocycles. The van der Waals surface area contributed by atoms with Gasteiger partial charge in [0.25, 0.3) is 0 Å². The molecule has 0 bridgehead atoms. The van der Waals surface area contributed by atoms with Crippen LogP contribution in [0.4, 0.5) is 18.9 Å². The third kappa shape index (κ3) is 6.01. The van der Waals surface area contributed by atoms with Crippen LogP contribution in [0.1, 0.15) is 56.6 Å². The minimum absolute atomic E-state index is 0.0508. The lowest BCUT2D eigenvalue weighted by molar-refractivity contribution is -0.143. The van der Waals surface area contributed by atoms with Gasteiger partial charge >= 0.3 is 12.1 Å². The molecule has 0 unspecified atom stereocenters. The van der Waals surface area contributed by atoms with Gasteiger partial charge in [-0.25, -0.2) is 9.48 Å². The number of aromatic nitrogens is 2. The maximum atomic E-state index is 13.7. The molecule has 0 spiro atoms. The highest BCUT2D eigenvalue weighted by molar-refractivity contribution is 5.93. The van der Waals surface area contributed by atoms with E-state index < -0.39 is 28.8 Å². The molecule has 1 aromatic heterocycles. The maximum absolute atomic E-state index is 13.7. The lowest BCUT2D eigenvalue weighted by atomic mass is 9.90. The molecular weight excluding hydrogens is 465 g/mol. The molecule has 11 heteroatoms. The number of anilines is 1. The first-order valence-electron chi connectivity index (χ1n) is 11.4. The van der Waals surface area contributed by atoms with Crippen LogP contribution in [0.2, 0.25) is 0 Å². The van der Waals surface area contributed by atoms with Gasteiger partial charge in [-0.3, -0.25) is 9.59 Å². The topological polar surface area (TPSA) is 93.5 Å². The van der Waals surface area contributed by atoms with Gasteiger partial charge in [-0.1, -0.05) is 20.8 Å². The van der Waals surface area contributed by atoms with Crippen molar-refractivity contribution in [2.75, 3.05) is 25.0 Å². The fourth-order valence-corrected chi connectivity index (χ4v) is 3.92. The average molecular weight is 495 g/mol. The standard InChI is InChI=1S/C24H29F3N4O4/c1-5-35-21(33)18-14-28-31(19(18)24(25,26)27)17-8-6-16(7-9-17)29-20(32)15-10-12-30(13-11-15)22(34)23(2,3)4/h6-9,14-15H,5,10-13H2,1-4H3,(H,29,32). The summed E-state index contributed by atoms with van der Waals surface area (Å²) in [5.41, 5.74) is -1.90. The number of amides is 2. The van der Waals surface area contributed by atoms with Crippen LogP contribution < -0.4 is 5.32 Å². The predicted molar refractivity (Wildman–Crippen MR) is 122 cm³/mol. The number of halogens is 3. The van der Waals surface area contributed by atoms with E-state index in [1.54, 1.807) is 4.90 Å². The fourth-order valence-electron chi connectivity index (χ4n) is 3.92. The number of alkyl halides is 3. The lowest BCUT2D eigenvalue weighted by Gasteiger charge is -2.35. The normalized spacial score (nSPS) is 15.1. The van der Waals surface area contributed by atoms with Crippen molar-refractivity contribution in [2.45, 2.75) is 46.7 Å². The van der Waals surface area contributed by atoms with E-state index in [0.717, 1.165) is 6.20 Å². The third-order valence-electron chi connectivity index (χ3n) is 5.71. The van der Waals surface area contributed by atoms with Crippen LogP contribution in [0.25, 0.3) is 5.69 Å². The Morgan fingerprint density at radius 3 is 2.20 bits per heavy atom. The number of nitrogens with one attached hydrogen (secondary N) is 1. The Labute approximate surface area is 201 Å². The SMILES string of the molecule is CCOC(=O)c1cnn(-c2ccc(NC(=O)C3CCN(C(=O)C(C)(C)C)CC3)cc2)c1C(F)(F)F. The fraction of sp³-hybridized carbons (Fsp3) is 0.500. The van der Waals surface area contributed by atoms with E-state index in [9.17, 15) is 27.6 Å². The number of piperidine rings is 1. The molecule has 35 heavy (non-hydrogen) atoms. The Morgan fingerprint density at radius 1 is 1.09 bits per heavy atom. The number of carbonyl (C=O) groups is 3. The molecule has 3 rings (SSSR count). The average Bonchev–Trinajstić information content (AvgIpc) is 3.25.